The third kappa shape index (κ3) is 4.50. The minimum atomic E-state index is -1.09. The average Bonchev–Trinajstić information content (AvgIpc) is 2.23. The first kappa shape index (κ1) is 14.2. The van der Waals surface area contributed by atoms with Gasteiger partial charge in [-0.15, -0.1) is 0 Å². The fraction of sp³-hybridized carbons (Fsp3) is 0.769. The summed E-state index contributed by atoms with van der Waals surface area (Å²) in [5, 5.41) is 10.8. The largest absolute Gasteiger partial charge is 0.545 e. The molecule has 0 aliphatic heterocycles. The minimum Gasteiger partial charge on any atom is -0.545 e. The fourth-order valence-corrected chi connectivity index (χ4v) is 2.17. The van der Waals surface area contributed by atoms with Crippen molar-refractivity contribution in [3.05, 3.63) is 12.2 Å². The third-order valence-electron chi connectivity index (χ3n) is 3.17. The van der Waals surface area contributed by atoms with Gasteiger partial charge in [0.1, 0.15) is 0 Å². The predicted molar refractivity (Wildman–Crippen MR) is 61.2 cm³/mol. The second kappa shape index (κ2) is 7.49. The highest BCUT2D eigenvalue weighted by Gasteiger charge is 2.20. The van der Waals surface area contributed by atoms with Crippen LogP contribution >= 0.6 is 0 Å². The molecule has 0 aromatic carbocycles. The Kier molecular flexibility index (Phi) is 7.10. The second-order valence-electron chi connectivity index (χ2n) is 4.14. The fourth-order valence-electron chi connectivity index (χ4n) is 2.17. The van der Waals surface area contributed by atoms with Crippen LogP contribution in [0.2, 0.25) is 0 Å². The smallest absolute Gasteiger partial charge is 0.0671 e. The van der Waals surface area contributed by atoms with Gasteiger partial charge in [0, 0.05) is 0 Å². The first-order chi connectivity index (χ1) is 7.08. The Bertz CT molecular complexity index is 209. The molecule has 0 N–H and O–H groups in total. The van der Waals surface area contributed by atoms with Crippen LogP contribution in [0, 0.1) is 11.8 Å². The average molecular weight is 211 g/mol. The van der Waals surface area contributed by atoms with E-state index in [0.29, 0.717) is 5.92 Å². The molecule has 0 saturated heterocycles. The summed E-state index contributed by atoms with van der Waals surface area (Å²) in [7, 11) is 0. The molecule has 0 aliphatic carbocycles. The van der Waals surface area contributed by atoms with Crippen LogP contribution in [0.25, 0.3) is 0 Å². The van der Waals surface area contributed by atoms with Crippen molar-refractivity contribution in [1.29, 1.82) is 0 Å². The van der Waals surface area contributed by atoms with Crippen molar-refractivity contribution in [2.45, 2.75) is 52.9 Å². The van der Waals surface area contributed by atoms with Crippen LogP contribution in [0.4, 0.5) is 0 Å². The van der Waals surface area contributed by atoms with Crippen molar-refractivity contribution in [2.24, 2.45) is 11.8 Å². The molecule has 2 heteroatoms. The summed E-state index contributed by atoms with van der Waals surface area (Å²) in [6.07, 6.45) is 5.28. The number of hydrogen-bond donors (Lipinski definition) is 0. The maximum atomic E-state index is 10.8. The van der Waals surface area contributed by atoms with E-state index < -0.39 is 5.97 Å². The zero-order valence-electron chi connectivity index (χ0n) is 10.2. The maximum Gasteiger partial charge on any atom is 0.0671 e. The number of carboxylic acids is 1. The highest BCUT2D eigenvalue weighted by Crippen LogP contribution is 2.29. The number of rotatable bonds is 8. The molecule has 0 aromatic heterocycles. The van der Waals surface area contributed by atoms with Crippen LogP contribution < -0.4 is 5.11 Å². The van der Waals surface area contributed by atoms with E-state index in [0.717, 1.165) is 32.1 Å². The lowest BCUT2D eigenvalue weighted by atomic mass is 9.80. The first-order valence-corrected chi connectivity index (χ1v) is 5.98. The normalized spacial score (nSPS) is 14.6. The van der Waals surface area contributed by atoms with Crippen molar-refractivity contribution in [2.75, 3.05) is 0 Å². The summed E-state index contributed by atoms with van der Waals surface area (Å²) < 4.78 is 0. The monoisotopic (exact) mass is 211 g/mol. The van der Waals surface area contributed by atoms with Crippen molar-refractivity contribution in [3.63, 3.8) is 0 Å². The second-order valence-corrected chi connectivity index (χ2v) is 4.14. The van der Waals surface area contributed by atoms with Crippen molar-refractivity contribution >= 4 is 5.97 Å². The summed E-state index contributed by atoms with van der Waals surface area (Å²) in [6, 6.07) is 0. The van der Waals surface area contributed by atoms with Gasteiger partial charge in [-0.2, -0.15) is 0 Å². The Balaban J connectivity index is 4.45. The molecule has 0 aromatic rings. The van der Waals surface area contributed by atoms with Crippen LogP contribution in [0.5, 0.6) is 0 Å². The van der Waals surface area contributed by atoms with Gasteiger partial charge in [-0.3, -0.25) is 0 Å². The van der Waals surface area contributed by atoms with E-state index in [1.165, 1.54) is 0 Å². The molecule has 0 aliphatic rings. The highest BCUT2D eigenvalue weighted by molar-refractivity contribution is 5.84. The van der Waals surface area contributed by atoms with E-state index in [-0.39, 0.29) is 11.5 Å². The summed E-state index contributed by atoms with van der Waals surface area (Å²) in [5.74, 6) is -0.552. The van der Waals surface area contributed by atoms with E-state index >= 15 is 0 Å². The zero-order chi connectivity index (χ0) is 11.8. The lowest BCUT2D eigenvalue weighted by molar-refractivity contribution is -0.300. The van der Waals surface area contributed by atoms with Gasteiger partial charge >= 0.3 is 0 Å². The van der Waals surface area contributed by atoms with E-state index in [4.69, 9.17) is 0 Å². The number of carbonyl (C=O) groups is 1. The van der Waals surface area contributed by atoms with Gasteiger partial charge in [-0.1, -0.05) is 46.6 Å². The van der Waals surface area contributed by atoms with Crippen LogP contribution in [-0.4, -0.2) is 5.97 Å². The molecule has 0 rings (SSSR count). The quantitative estimate of drug-likeness (QED) is 0.579. The SMILES string of the molecule is C=C(C(=O)[O-])C(CC)C(CC)CCCC. The van der Waals surface area contributed by atoms with Crippen LogP contribution in [0.1, 0.15) is 52.9 Å². The van der Waals surface area contributed by atoms with Crippen molar-refractivity contribution in [3.8, 4) is 0 Å². The lowest BCUT2D eigenvalue weighted by Gasteiger charge is -2.27. The van der Waals surface area contributed by atoms with Crippen molar-refractivity contribution in [1.82, 2.24) is 0 Å². The Morgan fingerprint density at radius 1 is 1.27 bits per heavy atom. The number of hydrogen-bond acceptors (Lipinski definition) is 2. The van der Waals surface area contributed by atoms with Gasteiger partial charge in [0.25, 0.3) is 0 Å². The van der Waals surface area contributed by atoms with E-state index in [2.05, 4.69) is 20.4 Å². The minimum absolute atomic E-state index is 0.0894. The van der Waals surface area contributed by atoms with E-state index in [1.807, 2.05) is 6.92 Å². The molecule has 88 valence electrons. The van der Waals surface area contributed by atoms with Crippen LogP contribution in [0.15, 0.2) is 12.2 Å². The zero-order valence-corrected chi connectivity index (χ0v) is 10.2. The summed E-state index contributed by atoms with van der Waals surface area (Å²) >= 11 is 0. The first-order valence-electron chi connectivity index (χ1n) is 5.98. The maximum absolute atomic E-state index is 10.8. The predicted octanol–water partition coefficient (Wildman–Crippen LogP) is 2.54. The van der Waals surface area contributed by atoms with Gasteiger partial charge in [0.15, 0.2) is 0 Å². The van der Waals surface area contributed by atoms with Crippen LogP contribution in [-0.2, 0) is 4.79 Å². The van der Waals surface area contributed by atoms with Gasteiger partial charge in [0.2, 0.25) is 0 Å². The molecule has 0 heterocycles. The van der Waals surface area contributed by atoms with Crippen LogP contribution in [0.3, 0.4) is 0 Å². The van der Waals surface area contributed by atoms with E-state index in [9.17, 15) is 9.90 Å². The molecule has 2 nitrogen and oxygen atoms in total. The molecule has 0 radical (unpaired) electrons. The highest BCUT2D eigenvalue weighted by atomic mass is 16.4. The summed E-state index contributed by atoms with van der Waals surface area (Å²) in [4.78, 5) is 10.8. The third-order valence-corrected chi connectivity index (χ3v) is 3.17. The molecule has 0 spiro atoms. The Hall–Kier alpha value is -0.790. The topological polar surface area (TPSA) is 40.1 Å². The van der Waals surface area contributed by atoms with Gasteiger partial charge in [0.05, 0.1) is 5.97 Å². The van der Waals surface area contributed by atoms with Gasteiger partial charge < -0.3 is 9.90 Å². The van der Waals surface area contributed by atoms with Crippen molar-refractivity contribution < 1.29 is 9.90 Å². The molecule has 2 unspecified atom stereocenters. The molecule has 0 saturated carbocycles. The summed E-state index contributed by atoms with van der Waals surface area (Å²) in [5.41, 5.74) is 0.278. The van der Waals surface area contributed by atoms with E-state index in [1.54, 1.807) is 0 Å². The molecular weight excluding hydrogens is 188 g/mol. The Morgan fingerprint density at radius 2 is 1.87 bits per heavy atom. The lowest BCUT2D eigenvalue weighted by Crippen LogP contribution is -2.30. The molecule has 0 fully saturated rings. The van der Waals surface area contributed by atoms with Gasteiger partial charge in [-0.05, 0) is 30.3 Å². The van der Waals surface area contributed by atoms with Gasteiger partial charge in [-0.25, -0.2) is 0 Å². The molecule has 0 bridgehead atoms. The number of carbonyl (C=O) groups excluding carboxylic acids is 1. The molecule has 0 amide bonds. The number of unbranched alkanes of at least 4 members (excludes halogenated alkanes) is 1. The Labute approximate surface area is 93.4 Å². The molecule has 15 heavy (non-hydrogen) atoms. The standard InChI is InChI=1S/C13H24O2/c1-5-8-9-11(6-2)12(7-3)10(4)13(14)15/h11-12H,4-9H2,1-3H3,(H,14,15)/p-1. The molecule has 2 atom stereocenters. The summed E-state index contributed by atoms with van der Waals surface area (Å²) in [6.45, 7) is 9.93. The molecular formula is C13H23O2-. The number of aliphatic carboxylic acids is 1. The Morgan fingerprint density at radius 3 is 2.20 bits per heavy atom. The number of carboxylic acid groups (broad SMARTS) is 1.